The molecule has 0 spiro atoms. The first-order valence-electron chi connectivity index (χ1n) is 5.77. The molecule has 17 heavy (non-hydrogen) atoms. The average Bonchev–Trinajstić information content (AvgIpc) is 2.81. The second kappa shape index (κ2) is 5.27. The normalized spacial score (nSPS) is 10.8. The molecule has 0 amide bonds. The minimum Gasteiger partial charge on any atom is -0.373 e. The van der Waals surface area contributed by atoms with Crippen molar-refractivity contribution in [3.63, 3.8) is 0 Å². The van der Waals surface area contributed by atoms with Crippen LogP contribution in [0.25, 0.3) is 0 Å². The van der Waals surface area contributed by atoms with Crippen molar-refractivity contribution in [2.24, 2.45) is 0 Å². The van der Waals surface area contributed by atoms with Gasteiger partial charge in [0, 0.05) is 30.1 Å². The first kappa shape index (κ1) is 12.0. The molecule has 0 aliphatic rings. The molecule has 0 saturated carbocycles. The van der Waals surface area contributed by atoms with Crippen molar-refractivity contribution >= 4 is 17.2 Å². The SMILES string of the molecule is CNc1cc(C(C)C)nc(Cc2cccs2)n1. The summed E-state index contributed by atoms with van der Waals surface area (Å²) in [6, 6.07) is 6.20. The average molecular weight is 247 g/mol. The van der Waals surface area contributed by atoms with Crippen LogP contribution in [0.2, 0.25) is 0 Å². The quantitative estimate of drug-likeness (QED) is 0.901. The number of thiophene rings is 1. The molecular weight excluding hydrogens is 230 g/mol. The van der Waals surface area contributed by atoms with Crippen LogP contribution in [0, 0.1) is 0 Å². The Morgan fingerprint density at radius 1 is 1.35 bits per heavy atom. The maximum absolute atomic E-state index is 4.61. The fourth-order valence-corrected chi connectivity index (χ4v) is 2.29. The summed E-state index contributed by atoms with van der Waals surface area (Å²) < 4.78 is 0. The Morgan fingerprint density at radius 2 is 2.18 bits per heavy atom. The summed E-state index contributed by atoms with van der Waals surface area (Å²) in [5.41, 5.74) is 1.09. The number of hydrogen-bond donors (Lipinski definition) is 1. The molecule has 2 aromatic heterocycles. The molecule has 3 nitrogen and oxygen atoms in total. The van der Waals surface area contributed by atoms with E-state index in [2.05, 4.69) is 46.6 Å². The smallest absolute Gasteiger partial charge is 0.136 e. The first-order valence-corrected chi connectivity index (χ1v) is 6.65. The zero-order valence-electron chi connectivity index (χ0n) is 10.4. The van der Waals surface area contributed by atoms with E-state index in [1.165, 1.54) is 4.88 Å². The van der Waals surface area contributed by atoms with Crippen LogP contribution in [-0.4, -0.2) is 17.0 Å². The summed E-state index contributed by atoms with van der Waals surface area (Å²) in [5, 5.41) is 5.18. The third-order valence-corrected chi connectivity index (χ3v) is 3.43. The molecule has 0 fully saturated rings. The van der Waals surface area contributed by atoms with Crippen LogP contribution in [0.4, 0.5) is 5.82 Å². The topological polar surface area (TPSA) is 37.8 Å². The fraction of sp³-hybridized carbons (Fsp3) is 0.385. The molecular formula is C13H17N3S. The highest BCUT2D eigenvalue weighted by Crippen LogP contribution is 2.18. The Morgan fingerprint density at radius 3 is 2.76 bits per heavy atom. The van der Waals surface area contributed by atoms with Crippen molar-refractivity contribution in [1.82, 2.24) is 9.97 Å². The van der Waals surface area contributed by atoms with Gasteiger partial charge < -0.3 is 5.32 Å². The maximum Gasteiger partial charge on any atom is 0.136 e. The van der Waals surface area contributed by atoms with Crippen molar-refractivity contribution in [2.75, 3.05) is 12.4 Å². The standard InChI is InChI=1S/C13H17N3S/c1-9(2)11-8-12(14-3)16-13(15-11)7-10-5-4-6-17-10/h4-6,8-9H,7H2,1-3H3,(H,14,15,16). The highest BCUT2D eigenvalue weighted by molar-refractivity contribution is 7.09. The van der Waals surface area contributed by atoms with E-state index in [4.69, 9.17) is 0 Å². The van der Waals surface area contributed by atoms with E-state index >= 15 is 0 Å². The third-order valence-electron chi connectivity index (χ3n) is 2.55. The van der Waals surface area contributed by atoms with Gasteiger partial charge in [-0.3, -0.25) is 0 Å². The van der Waals surface area contributed by atoms with Gasteiger partial charge in [0.15, 0.2) is 0 Å². The van der Waals surface area contributed by atoms with E-state index in [0.717, 1.165) is 23.8 Å². The zero-order valence-corrected chi connectivity index (χ0v) is 11.2. The molecule has 0 radical (unpaired) electrons. The summed E-state index contributed by atoms with van der Waals surface area (Å²) in [5.74, 6) is 2.21. The summed E-state index contributed by atoms with van der Waals surface area (Å²) in [6.07, 6.45) is 0.812. The number of nitrogens with one attached hydrogen (secondary N) is 1. The summed E-state index contributed by atoms with van der Waals surface area (Å²) in [4.78, 5) is 10.4. The van der Waals surface area contributed by atoms with Crippen LogP contribution in [0.1, 0.15) is 36.2 Å². The summed E-state index contributed by atoms with van der Waals surface area (Å²) >= 11 is 1.75. The third kappa shape index (κ3) is 3.03. The second-order valence-corrected chi connectivity index (χ2v) is 5.29. The van der Waals surface area contributed by atoms with Crippen LogP contribution < -0.4 is 5.32 Å². The number of hydrogen-bond acceptors (Lipinski definition) is 4. The van der Waals surface area contributed by atoms with Crippen LogP contribution in [-0.2, 0) is 6.42 Å². The van der Waals surface area contributed by atoms with Gasteiger partial charge in [-0.15, -0.1) is 11.3 Å². The predicted octanol–water partition coefficient (Wildman–Crippen LogP) is 3.29. The minimum absolute atomic E-state index is 0.423. The summed E-state index contributed by atoms with van der Waals surface area (Å²) in [7, 11) is 1.89. The van der Waals surface area contributed by atoms with Gasteiger partial charge in [0.25, 0.3) is 0 Å². The Hall–Kier alpha value is -1.42. The van der Waals surface area contributed by atoms with Crippen molar-refractivity contribution in [3.05, 3.63) is 40.0 Å². The zero-order chi connectivity index (χ0) is 12.3. The van der Waals surface area contributed by atoms with Crippen molar-refractivity contribution in [3.8, 4) is 0 Å². The number of rotatable bonds is 4. The van der Waals surface area contributed by atoms with Crippen LogP contribution >= 0.6 is 11.3 Å². The minimum atomic E-state index is 0.423. The molecule has 2 rings (SSSR count). The van der Waals surface area contributed by atoms with E-state index in [0.29, 0.717) is 5.92 Å². The monoisotopic (exact) mass is 247 g/mol. The van der Waals surface area contributed by atoms with Crippen LogP contribution in [0.3, 0.4) is 0 Å². The van der Waals surface area contributed by atoms with Gasteiger partial charge in [-0.05, 0) is 17.4 Å². The largest absolute Gasteiger partial charge is 0.373 e. The van der Waals surface area contributed by atoms with Gasteiger partial charge in [-0.25, -0.2) is 9.97 Å². The molecule has 0 bridgehead atoms. The van der Waals surface area contributed by atoms with Gasteiger partial charge in [-0.1, -0.05) is 19.9 Å². The Kier molecular flexibility index (Phi) is 3.74. The van der Waals surface area contributed by atoms with Crippen molar-refractivity contribution in [1.29, 1.82) is 0 Å². The van der Waals surface area contributed by atoms with Gasteiger partial charge in [0.05, 0.1) is 0 Å². The van der Waals surface area contributed by atoms with E-state index in [1.807, 2.05) is 13.1 Å². The Bertz CT molecular complexity index is 477. The lowest BCUT2D eigenvalue weighted by atomic mass is 10.1. The molecule has 0 unspecified atom stereocenters. The fourth-order valence-electron chi connectivity index (χ4n) is 1.59. The molecule has 2 heterocycles. The molecule has 0 aromatic carbocycles. The van der Waals surface area contributed by atoms with Crippen LogP contribution in [0.15, 0.2) is 23.6 Å². The maximum atomic E-state index is 4.61. The Balaban J connectivity index is 2.29. The lowest BCUT2D eigenvalue weighted by Crippen LogP contribution is -2.05. The van der Waals surface area contributed by atoms with E-state index in [1.54, 1.807) is 11.3 Å². The highest BCUT2D eigenvalue weighted by Gasteiger charge is 2.08. The van der Waals surface area contributed by atoms with E-state index in [9.17, 15) is 0 Å². The molecule has 0 aliphatic carbocycles. The highest BCUT2D eigenvalue weighted by atomic mass is 32.1. The second-order valence-electron chi connectivity index (χ2n) is 4.26. The molecule has 1 N–H and O–H groups in total. The van der Waals surface area contributed by atoms with Crippen molar-refractivity contribution in [2.45, 2.75) is 26.2 Å². The van der Waals surface area contributed by atoms with E-state index < -0.39 is 0 Å². The molecule has 4 heteroatoms. The lowest BCUT2D eigenvalue weighted by molar-refractivity contribution is 0.794. The summed E-state index contributed by atoms with van der Waals surface area (Å²) in [6.45, 7) is 4.30. The van der Waals surface area contributed by atoms with Gasteiger partial charge >= 0.3 is 0 Å². The Labute approximate surface area is 106 Å². The first-order chi connectivity index (χ1) is 8.19. The molecule has 90 valence electrons. The number of aromatic nitrogens is 2. The van der Waals surface area contributed by atoms with E-state index in [-0.39, 0.29) is 0 Å². The van der Waals surface area contributed by atoms with Gasteiger partial charge in [0.2, 0.25) is 0 Å². The van der Waals surface area contributed by atoms with Gasteiger partial charge in [-0.2, -0.15) is 0 Å². The van der Waals surface area contributed by atoms with Crippen molar-refractivity contribution < 1.29 is 0 Å². The van der Waals surface area contributed by atoms with Crippen LogP contribution in [0.5, 0.6) is 0 Å². The number of anilines is 1. The molecule has 0 saturated heterocycles. The molecule has 0 aliphatic heterocycles. The molecule has 2 aromatic rings. The predicted molar refractivity (Wildman–Crippen MR) is 72.8 cm³/mol. The lowest BCUT2D eigenvalue weighted by Gasteiger charge is -2.09. The number of nitrogens with zero attached hydrogens (tertiary/aromatic N) is 2. The molecule has 0 atom stereocenters. The van der Waals surface area contributed by atoms with Gasteiger partial charge in [0.1, 0.15) is 11.6 Å².